The second kappa shape index (κ2) is 9.05. The molecule has 0 aliphatic heterocycles. The predicted octanol–water partition coefficient (Wildman–Crippen LogP) is 3.62. The summed E-state index contributed by atoms with van der Waals surface area (Å²) in [6.07, 6.45) is 2.75. The van der Waals surface area contributed by atoms with Gasteiger partial charge in [-0.2, -0.15) is 10.2 Å². The molecule has 0 bridgehead atoms. The fraction of sp³-hybridized carbons (Fsp3) is 0.105. The summed E-state index contributed by atoms with van der Waals surface area (Å²) in [5.41, 5.74) is 1.33. The van der Waals surface area contributed by atoms with E-state index in [4.69, 9.17) is 4.74 Å². The van der Waals surface area contributed by atoms with Crippen LogP contribution in [0.3, 0.4) is 0 Å². The monoisotopic (exact) mass is 322 g/mol. The lowest BCUT2D eigenvalue weighted by molar-refractivity contribution is -0.137. The predicted molar refractivity (Wildman–Crippen MR) is 95.2 cm³/mol. The van der Waals surface area contributed by atoms with Gasteiger partial charge in [0.1, 0.15) is 11.3 Å². The molecule has 0 aliphatic rings. The van der Waals surface area contributed by atoms with Crippen LogP contribution in [0.5, 0.6) is 0 Å². The molecule has 0 aromatic heterocycles. The zero-order valence-electron chi connectivity index (χ0n) is 13.3. The molecule has 0 fully saturated rings. The summed E-state index contributed by atoms with van der Waals surface area (Å²) in [5.74, 6) is -0.856. The second-order valence-electron chi connectivity index (χ2n) is 4.75. The van der Waals surface area contributed by atoms with E-state index in [0.29, 0.717) is 5.56 Å². The van der Waals surface area contributed by atoms with Crippen molar-refractivity contribution in [1.82, 2.24) is 0 Å². The maximum absolute atomic E-state index is 12.0. The molecule has 0 saturated carbocycles. The molecule has 2 aromatic rings. The molecule has 1 N–H and O–H groups in total. The number of aliphatic hydroxyl groups is 1. The smallest absolute Gasteiger partial charge is 0.343 e. The molecule has 0 saturated heterocycles. The Kier molecular flexibility index (Phi) is 6.46. The van der Waals surface area contributed by atoms with E-state index in [2.05, 4.69) is 10.2 Å². The molecule has 0 unspecified atom stereocenters. The first-order valence-electron chi connectivity index (χ1n) is 7.49. The number of carbonyl (C=O) groups excluding carboxylic acids is 1. The average molecular weight is 322 g/mol. The minimum atomic E-state index is -0.655. The maximum Gasteiger partial charge on any atom is 0.343 e. The van der Waals surface area contributed by atoms with Gasteiger partial charge in [0.25, 0.3) is 0 Å². The molecule has 0 heterocycles. The van der Waals surface area contributed by atoms with E-state index in [0.717, 1.165) is 5.56 Å². The van der Waals surface area contributed by atoms with Crippen LogP contribution in [0.25, 0.3) is 5.76 Å². The van der Waals surface area contributed by atoms with Gasteiger partial charge in [0.2, 0.25) is 0 Å². The van der Waals surface area contributed by atoms with Gasteiger partial charge >= 0.3 is 5.97 Å². The van der Waals surface area contributed by atoms with E-state index >= 15 is 0 Å². The normalized spacial score (nSPS) is 12.4. The topological polar surface area (TPSA) is 71.2 Å². The van der Waals surface area contributed by atoms with Gasteiger partial charge in [0, 0.05) is 5.56 Å². The largest absolute Gasteiger partial charge is 0.506 e. The van der Waals surface area contributed by atoms with Crippen LogP contribution in [-0.2, 0) is 9.53 Å². The van der Waals surface area contributed by atoms with Crippen molar-refractivity contribution in [1.29, 1.82) is 0 Å². The quantitative estimate of drug-likeness (QED) is 0.290. The van der Waals surface area contributed by atoms with Crippen molar-refractivity contribution >= 4 is 24.2 Å². The summed E-state index contributed by atoms with van der Waals surface area (Å²) in [6.45, 7) is 1.89. The van der Waals surface area contributed by atoms with Gasteiger partial charge in [-0.15, -0.1) is 0 Å². The van der Waals surface area contributed by atoms with E-state index in [1.807, 2.05) is 36.4 Å². The molecule has 24 heavy (non-hydrogen) atoms. The number of carbonyl (C=O) groups is 1. The van der Waals surface area contributed by atoms with Crippen molar-refractivity contribution in [2.24, 2.45) is 10.2 Å². The summed E-state index contributed by atoms with van der Waals surface area (Å²) in [6, 6.07) is 18.2. The van der Waals surface area contributed by atoms with Crippen LogP contribution in [0.2, 0.25) is 0 Å². The number of nitrogens with zero attached hydrogens (tertiary/aromatic N) is 2. The number of ether oxygens (including phenoxy) is 1. The van der Waals surface area contributed by atoms with Gasteiger partial charge in [-0.05, 0) is 12.5 Å². The lowest BCUT2D eigenvalue weighted by Crippen LogP contribution is -2.11. The van der Waals surface area contributed by atoms with E-state index in [9.17, 15) is 9.90 Å². The van der Waals surface area contributed by atoms with Crippen LogP contribution in [0, 0.1) is 0 Å². The van der Waals surface area contributed by atoms with Gasteiger partial charge < -0.3 is 9.84 Å². The van der Waals surface area contributed by atoms with Crippen LogP contribution in [0.4, 0.5) is 0 Å². The van der Waals surface area contributed by atoms with Gasteiger partial charge in [-0.1, -0.05) is 60.7 Å². The van der Waals surface area contributed by atoms with Gasteiger partial charge in [0.05, 0.1) is 19.0 Å². The standard InChI is InChI=1S/C19H18N2O3/c1-2-24-19(23)17(18(22)16-11-7-4-8-12-16)14-21-20-13-15-9-5-3-6-10-15/h3-14,22H,2H2,1H3. The highest BCUT2D eigenvalue weighted by Crippen LogP contribution is 2.15. The molecule has 0 radical (unpaired) electrons. The molecule has 5 nitrogen and oxygen atoms in total. The van der Waals surface area contributed by atoms with Gasteiger partial charge in [-0.3, -0.25) is 0 Å². The first-order valence-corrected chi connectivity index (χ1v) is 7.49. The van der Waals surface area contributed by atoms with Crippen molar-refractivity contribution in [3.8, 4) is 0 Å². The SMILES string of the molecule is CCOC(=O)C(C=NN=Cc1ccccc1)=C(O)c1ccccc1. The molecule has 0 spiro atoms. The van der Waals surface area contributed by atoms with Crippen LogP contribution >= 0.6 is 0 Å². The van der Waals surface area contributed by atoms with Gasteiger partial charge in [0.15, 0.2) is 0 Å². The second-order valence-corrected chi connectivity index (χ2v) is 4.75. The lowest BCUT2D eigenvalue weighted by atomic mass is 10.1. The Hall–Kier alpha value is -3.21. The Balaban J connectivity index is 2.25. The van der Waals surface area contributed by atoms with E-state index in [-0.39, 0.29) is 17.9 Å². The molecular weight excluding hydrogens is 304 g/mol. The molecular formula is C19H18N2O3. The van der Waals surface area contributed by atoms with Crippen LogP contribution in [0.15, 0.2) is 76.4 Å². The zero-order chi connectivity index (χ0) is 17.2. The summed E-state index contributed by atoms with van der Waals surface area (Å²) >= 11 is 0. The molecule has 2 rings (SSSR count). The van der Waals surface area contributed by atoms with Crippen molar-refractivity contribution in [3.63, 3.8) is 0 Å². The number of benzene rings is 2. The summed E-state index contributed by atoms with van der Waals surface area (Å²) in [7, 11) is 0. The minimum Gasteiger partial charge on any atom is -0.506 e. The zero-order valence-corrected chi connectivity index (χ0v) is 13.3. The summed E-state index contributed by atoms with van der Waals surface area (Å²) < 4.78 is 4.96. The fourth-order valence-corrected chi connectivity index (χ4v) is 1.90. The molecule has 5 heteroatoms. The number of aliphatic hydroxyl groups excluding tert-OH is 1. The van der Waals surface area contributed by atoms with Crippen molar-refractivity contribution < 1.29 is 14.6 Å². The Morgan fingerprint density at radius 1 is 1.04 bits per heavy atom. The molecule has 0 atom stereocenters. The molecule has 0 amide bonds. The van der Waals surface area contributed by atoms with Crippen LogP contribution < -0.4 is 0 Å². The highest BCUT2D eigenvalue weighted by atomic mass is 16.5. The Morgan fingerprint density at radius 2 is 1.67 bits per heavy atom. The summed E-state index contributed by atoms with van der Waals surface area (Å²) in [4.78, 5) is 12.0. The summed E-state index contributed by atoms with van der Waals surface area (Å²) in [5, 5.41) is 18.1. The highest BCUT2D eigenvalue weighted by Gasteiger charge is 2.16. The maximum atomic E-state index is 12.0. The Labute approximate surface area is 140 Å². The Morgan fingerprint density at radius 3 is 2.29 bits per heavy atom. The van der Waals surface area contributed by atoms with Crippen LogP contribution in [0.1, 0.15) is 18.1 Å². The van der Waals surface area contributed by atoms with Crippen molar-refractivity contribution in [2.75, 3.05) is 6.61 Å². The average Bonchev–Trinajstić information content (AvgIpc) is 2.63. The third-order valence-corrected chi connectivity index (χ3v) is 3.06. The third kappa shape index (κ3) is 4.91. The number of hydrogen-bond acceptors (Lipinski definition) is 5. The third-order valence-electron chi connectivity index (χ3n) is 3.06. The first kappa shape index (κ1) is 17.1. The van der Waals surface area contributed by atoms with Crippen molar-refractivity contribution in [2.45, 2.75) is 6.92 Å². The van der Waals surface area contributed by atoms with Crippen LogP contribution in [-0.4, -0.2) is 30.1 Å². The molecule has 2 aromatic carbocycles. The minimum absolute atomic E-state index is 0.0479. The number of hydrogen-bond donors (Lipinski definition) is 1. The number of rotatable bonds is 6. The Bertz CT molecular complexity index is 751. The van der Waals surface area contributed by atoms with Gasteiger partial charge in [-0.25, -0.2) is 4.79 Å². The molecule has 0 aliphatic carbocycles. The molecule has 122 valence electrons. The van der Waals surface area contributed by atoms with Crippen molar-refractivity contribution in [3.05, 3.63) is 77.4 Å². The van der Waals surface area contributed by atoms with E-state index in [1.165, 1.54) is 6.21 Å². The number of esters is 1. The first-order chi connectivity index (χ1) is 11.7. The lowest BCUT2D eigenvalue weighted by Gasteiger charge is -2.06. The highest BCUT2D eigenvalue weighted by molar-refractivity contribution is 6.15. The van der Waals surface area contributed by atoms with E-state index < -0.39 is 5.97 Å². The fourth-order valence-electron chi connectivity index (χ4n) is 1.90. The van der Waals surface area contributed by atoms with E-state index in [1.54, 1.807) is 37.4 Å².